The molecule has 8 nitrogen and oxygen atoms in total. The van der Waals surface area contributed by atoms with Gasteiger partial charge in [0.05, 0.1) is 31.0 Å². The molecule has 0 radical (unpaired) electrons. The van der Waals surface area contributed by atoms with Crippen LogP contribution in [0.1, 0.15) is 29.9 Å². The molecule has 0 spiro atoms. The topological polar surface area (TPSA) is 109 Å². The minimum atomic E-state index is -0.934. The molecule has 1 aromatic heterocycles. The second-order valence-electron chi connectivity index (χ2n) is 7.79. The van der Waals surface area contributed by atoms with Crippen LogP contribution in [0.2, 0.25) is 0 Å². The van der Waals surface area contributed by atoms with Crippen molar-refractivity contribution in [2.45, 2.75) is 19.5 Å². The second kappa shape index (κ2) is 10.2. The van der Waals surface area contributed by atoms with Gasteiger partial charge in [-0.1, -0.05) is 18.7 Å². The smallest absolute Gasteiger partial charge is 0.296 e. The summed E-state index contributed by atoms with van der Waals surface area (Å²) in [6.45, 7) is 6.03. The summed E-state index contributed by atoms with van der Waals surface area (Å²) in [5.74, 6) is -0.745. The Morgan fingerprint density at radius 2 is 1.91 bits per heavy atom. The molecule has 3 aromatic rings. The van der Waals surface area contributed by atoms with Crippen molar-refractivity contribution in [2.24, 2.45) is 0 Å². The Morgan fingerprint density at radius 3 is 2.57 bits per heavy atom. The number of Topliss-reactive ketones (excluding diaryl/α,β-unsaturated/α-hetero) is 1. The number of hydrogen-bond donors (Lipinski definition) is 2. The molecule has 1 fully saturated rings. The van der Waals surface area contributed by atoms with E-state index in [-0.39, 0.29) is 29.4 Å². The fraction of sp³-hybridized carbons (Fsp3) is 0.185. The van der Waals surface area contributed by atoms with Crippen molar-refractivity contribution in [2.75, 3.05) is 13.2 Å². The molecular weight excluding hydrogens is 450 g/mol. The maximum atomic E-state index is 13.2. The lowest BCUT2D eigenvalue weighted by Crippen LogP contribution is -2.29. The van der Waals surface area contributed by atoms with Crippen LogP contribution in [0.3, 0.4) is 0 Å². The number of likely N-dealkylation sites (tertiary alicyclic amines) is 1. The van der Waals surface area contributed by atoms with Crippen molar-refractivity contribution in [3.8, 4) is 17.2 Å². The molecule has 1 saturated heterocycles. The predicted molar refractivity (Wildman–Crippen MR) is 128 cm³/mol. The number of aromatic hydroxyl groups is 1. The number of nitrogens with zero attached hydrogens (tertiary/aromatic N) is 1. The zero-order valence-electron chi connectivity index (χ0n) is 19.1. The van der Waals surface area contributed by atoms with Gasteiger partial charge in [-0.3, -0.25) is 9.59 Å². The number of amides is 1. The fourth-order valence-corrected chi connectivity index (χ4v) is 3.95. The molecule has 1 amide bonds. The molecule has 1 unspecified atom stereocenters. The Hall–Kier alpha value is -4.46. The normalized spacial score (nSPS) is 16.9. The van der Waals surface area contributed by atoms with Gasteiger partial charge in [0.15, 0.2) is 11.5 Å². The molecule has 0 aliphatic carbocycles. The highest BCUT2D eigenvalue weighted by atomic mass is 16.5. The van der Waals surface area contributed by atoms with E-state index in [2.05, 4.69) is 6.58 Å². The van der Waals surface area contributed by atoms with Crippen molar-refractivity contribution < 1.29 is 33.7 Å². The summed E-state index contributed by atoms with van der Waals surface area (Å²) in [5.41, 5.74) is 0.764. The van der Waals surface area contributed by atoms with E-state index < -0.39 is 17.7 Å². The first kappa shape index (κ1) is 23.7. The van der Waals surface area contributed by atoms with Gasteiger partial charge in [0, 0.05) is 5.56 Å². The standard InChI is InChI=1S/C27H25NO7/c1-3-13-34-19-10-7-17(8-11-19)25(30)23-24(18-9-12-21(29)22(15-18)33-4-2)28(27(32)26(23)31)16-20-6-5-14-35-20/h3,5-12,14-15,24,29-30H,1,4,13,16H2,2H3/b25-23-. The number of carbonyl (C=O) groups is 2. The van der Waals surface area contributed by atoms with E-state index in [0.717, 1.165) is 0 Å². The predicted octanol–water partition coefficient (Wildman–Crippen LogP) is 4.57. The number of hydrogen-bond acceptors (Lipinski definition) is 7. The molecule has 35 heavy (non-hydrogen) atoms. The molecule has 2 N–H and O–H groups in total. The average molecular weight is 475 g/mol. The van der Waals surface area contributed by atoms with Gasteiger partial charge in [-0.05, 0) is 61.0 Å². The van der Waals surface area contributed by atoms with Gasteiger partial charge in [0.25, 0.3) is 11.7 Å². The zero-order valence-corrected chi connectivity index (χ0v) is 19.1. The van der Waals surface area contributed by atoms with Crippen LogP contribution in [0.4, 0.5) is 0 Å². The van der Waals surface area contributed by atoms with Crippen LogP contribution < -0.4 is 9.47 Å². The van der Waals surface area contributed by atoms with Gasteiger partial charge in [-0.25, -0.2) is 0 Å². The lowest BCUT2D eigenvalue weighted by atomic mass is 9.95. The van der Waals surface area contributed by atoms with Gasteiger partial charge in [-0.15, -0.1) is 0 Å². The number of phenolic OH excluding ortho intramolecular Hbond substituents is 1. The highest BCUT2D eigenvalue weighted by Gasteiger charge is 2.46. The van der Waals surface area contributed by atoms with E-state index in [4.69, 9.17) is 13.9 Å². The number of aliphatic hydroxyl groups excluding tert-OH is 1. The molecule has 0 bridgehead atoms. The Balaban J connectivity index is 1.82. The Morgan fingerprint density at radius 1 is 1.14 bits per heavy atom. The number of benzene rings is 2. The number of rotatable bonds is 9. The number of ketones is 1. The van der Waals surface area contributed by atoms with Crippen LogP contribution in [0.15, 0.2) is 83.5 Å². The van der Waals surface area contributed by atoms with Gasteiger partial charge >= 0.3 is 0 Å². The Bertz CT molecular complexity index is 1260. The fourth-order valence-electron chi connectivity index (χ4n) is 3.95. The third-order valence-electron chi connectivity index (χ3n) is 5.54. The van der Waals surface area contributed by atoms with Gasteiger partial charge in [-0.2, -0.15) is 0 Å². The summed E-state index contributed by atoms with van der Waals surface area (Å²) < 4.78 is 16.4. The van der Waals surface area contributed by atoms with E-state index in [1.165, 1.54) is 17.2 Å². The molecule has 2 aromatic carbocycles. The average Bonchev–Trinajstić information content (AvgIpc) is 3.47. The molecule has 8 heteroatoms. The van der Waals surface area contributed by atoms with Crippen molar-refractivity contribution >= 4 is 17.4 Å². The van der Waals surface area contributed by atoms with Gasteiger partial charge in [0.1, 0.15) is 23.9 Å². The molecule has 1 aliphatic rings. The highest BCUT2D eigenvalue weighted by molar-refractivity contribution is 6.46. The molecule has 1 aliphatic heterocycles. The zero-order chi connectivity index (χ0) is 24.9. The summed E-state index contributed by atoms with van der Waals surface area (Å²) in [7, 11) is 0. The number of ether oxygens (including phenoxy) is 2. The van der Waals surface area contributed by atoms with E-state index in [0.29, 0.717) is 35.9 Å². The first-order valence-electron chi connectivity index (χ1n) is 11.0. The molecule has 180 valence electrons. The summed E-state index contributed by atoms with van der Waals surface area (Å²) >= 11 is 0. The number of carbonyl (C=O) groups excluding carboxylic acids is 2. The minimum absolute atomic E-state index is 0.0121. The monoisotopic (exact) mass is 475 g/mol. The first-order valence-corrected chi connectivity index (χ1v) is 11.0. The van der Waals surface area contributed by atoms with Crippen molar-refractivity contribution in [1.82, 2.24) is 4.90 Å². The van der Waals surface area contributed by atoms with Crippen LogP contribution >= 0.6 is 0 Å². The third-order valence-corrected chi connectivity index (χ3v) is 5.54. The maximum absolute atomic E-state index is 13.2. The molecular formula is C27H25NO7. The van der Waals surface area contributed by atoms with E-state index in [1.807, 2.05) is 0 Å². The molecule has 1 atom stereocenters. The van der Waals surface area contributed by atoms with Crippen molar-refractivity contribution in [3.63, 3.8) is 0 Å². The Labute approximate surface area is 202 Å². The largest absolute Gasteiger partial charge is 0.507 e. The lowest BCUT2D eigenvalue weighted by Gasteiger charge is -2.25. The minimum Gasteiger partial charge on any atom is -0.507 e. The highest BCUT2D eigenvalue weighted by Crippen LogP contribution is 2.42. The quantitative estimate of drug-likeness (QED) is 0.202. The van der Waals surface area contributed by atoms with E-state index in [1.54, 1.807) is 61.5 Å². The molecule has 2 heterocycles. The number of furan rings is 1. The summed E-state index contributed by atoms with van der Waals surface area (Å²) in [4.78, 5) is 27.6. The van der Waals surface area contributed by atoms with E-state index >= 15 is 0 Å². The van der Waals surface area contributed by atoms with Crippen LogP contribution in [0, 0.1) is 0 Å². The van der Waals surface area contributed by atoms with Gasteiger partial charge in [0.2, 0.25) is 0 Å². The summed E-state index contributed by atoms with van der Waals surface area (Å²) in [5, 5.41) is 21.4. The SMILES string of the molecule is C=CCOc1ccc(/C(O)=C2/C(=O)C(=O)N(Cc3ccco3)C2c2ccc(O)c(OCC)c2)cc1. The van der Waals surface area contributed by atoms with Crippen molar-refractivity contribution in [3.05, 3.63) is 96.0 Å². The van der Waals surface area contributed by atoms with Gasteiger partial charge < -0.3 is 29.0 Å². The second-order valence-corrected chi connectivity index (χ2v) is 7.79. The maximum Gasteiger partial charge on any atom is 0.296 e. The van der Waals surface area contributed by atoms with Crippen LogP contribution in [-0.4, -0.2) is 40.0 Å². The Kier molecular flexibility index (Phi) is 6.91. The number of phenols is 1. The van der Waals surface area contributed by atoms with Crippen LogP contribution in [0.25, 0.3) is 5.76 Å². The number of aliphatic hydroxyl groups is 1. The van der Waals surface area contributed by atoms with Crippen LogP contribution in [-0.2, 0) is 16.1 Å². The summed E-state index contributed by atoms with van der Waals surface area (Å²) in [6, 6.07) is 13.5. The van der Waals surface area contributed by atoms with Crippen LogP contribution in [0.5, 0.6) is 17.2 Å². The molecule has 0 saturated carbocycles. The van der Waals surface area contributed by atoms with E-state index in [9.17, 15) is 19.8 Å². The lowest BCUT2D eigenvalue weighted by molar-refractivity contribution is -0.140. The van der Waals surface area contributed by atoms with Crippen molar-refractivity contribution in [1.29, 1.82) is 0 Å². The first-order chi connectivity index (χ1) is 16.9. The summed E-state index contributed by atoms with van der Waals surface area (Å²) in [6.07, 6.45) is 3.09. The third kappa shape index (κ3) is 4.77. The molecule has 4 rings (SSSR count).